The van der Waals surface area contributed by atoms with Crippen molar-refractivity contribution in [2.75, 3.05) is 26.3 Å². The normalized spacial score (nSPS) is 10.5. The number of nitrogens with zero attached hydrogens (tertiary/aromatic N) is 2. The average Bonchev–Trinajstić information content (AvgIpc) is 3.01. The highest BCUT2D eigenvalue weighted by atomic mass is 16.3. The maximum atomic E-state index is 12.3. The van der Waals surface area contributed by atoms with Crippen LogP contribution in [0.15, 0.2) is 48.8 Å². The van der Waals surface area contributed by atoms with Crippen LogP contribution in [0, 0.1) is 0 Å². The van der Waals surface area contributed by atoms with Crippen LogP contribution in [0.5, 0.6) is 0 Å². The van der Waals surface area contributed by atoms with Gasteiger partial charge in [0.15, 0.2) is 0 Å². The summed E-state index contributed by atoms with van der Waals surface area (Å²) in [4.78, 5) is 13.8. The fourth-order valence-corrected chi connectivity index (χ4v) is 2.05. The van der Waals surface area contributed by atoms with E-state index in [1.807, 2.05) is 41.2 Å². The zero-order valence-electron chi connectivity index (χ0n) is 11.1. The summed E-state index contributed by atoms with van der Waals surface area (Å²) < 4.78 is 1.92. The molecule has 1 heterocycles. The zero-order valence-corrected chi connectivity index (χ0v) is 11.1. The Morgan fingerprint density at radius 2 is 1.70 bits per heavy atom. The topological polar surface area (TPSA) is 65.7 Å². The molecule has 0 saturated heterocycles. The lowest BCUT2D eigenvalue weighted by Gasteiger charge is -2.21. The average molecular weight is 274 g/mol. The number of aliphatic hydroxyl groups excluding tert-OH is 2. The van der Waals surface area contributed by atoms with E-state index < -0.39 is 0 Å². The van der Waals surface area contributed by atoms with Gasteiger partial charge in [0.25, 0.3) is 5.91 Å². The summed E-state index contributed by atoms with van der Waals surface area (Å²) in [7, 11) is 0. The van der Waals surface area contributed by atoms with Crippen molar-refractivity contribution in [1.82, 2.24) is 9.47 Å². The summed E-state index contributed by atoms with van der Waals surface area (Å²) in [5.74, 6) is -0.192. The summed E-state index contributed by atoms with van der Waals surface area (Å²) in [5, 5.41) is 18.0. The highest BCUT2D eigenvalue weighted by Crippen LogP contribution is 2.13. The first-order valence-electron chi connectivity index (χ1n) is 6.50. The van der Waals surface area contributed by atoms with E-state index in [-0.39, 0.29) is 32.2 Å². The minimum Gasteiger partial charge on any atom is -0.395 e. The van der Waals surface area contributed by atoms with Gasteiger partial charge in [-0.2, -0.15) is 0 Å². The van der Waals surface area contributed by atoms with Gasteiger partial charge in [-0.1, -0.05) is 6.07 Å². The number of carbonyl (C=O) groups is 1. The number of rotatable bonds is 6. The Hall–Kier alpha value is -2.11. The van der Waals surface area contributed by atoms with Crippen LogP contribution in [0.2, 0.25) is 0 Å². The van der Waals surface area contributed by atoms with Crippen LogP contribution in [0.4, 0.5) is 0 Å². The Morgan fingerprint density at radius 3 is 2.30 bits per heavy atom. The monoisotopic (exact) mass is 274 g/mol. The number of carbonyl (C=O) groups excluding carboxylic acids is 1. The van der Waals surface area contributed by atoms with Crippen LogP contribution in [0.1, 0.15) is 10.4 Å². The van der Waals surface area contributed by atoms with E-state index in [0.717, 1.165) is 5.69 Å². The Balaban J connectivity index is 2.23. The summed E-state index contributed by atoms with van der Waals surface area (Å²) in [6.07, 6.45) is 3.81. The number of aromatic nitrogens is 1. The molecule has 2 N–H and O–H groups in total. The van der Waals surface area contributed by atoms with Gasteiger partial charge in [0, 0.05) is 36.7 Å². The molecular weight excluding hydrogens is 256 g/mol. The summed E-state index contributed by atoms with van der Waals surface area (Å²) >= 11 is 0. The van der Waals surface area contributed by atoms with E-state index in [0.29, 0.717) is 5.56 Å². The number of aliphatic hydroxyl groups is 2. The van der Waals surface area contributed by atoms with Gasteiger partial charge in [-0.15, -0.1) is 0 Å². The zero-order chi connectivity index (χ0) is 14.4. The van der Waals surface area contributed by atoms with Crippen LogP contribution in [0.3, 0.4) is 0 Å². The second kappa shape index (κ2) is 6.88. The largest absolute Gasteiger partial charge is 0.395 e. The highest BCUT2D eigenvalue weighted by Gasteiger charge is 2.15. The number of amides is 1. The lowest BCUT2D eigenvalue weighted by Crippen LogP contribution is -2.35. The highest BCUT2D eigenvalue weighted by molar-refractivity contribution is 5.94. The molecule has 0 bridgehead atoms. The minimum atomic E-state index is -0.192. The molecule has 20 heavy (non-hydrogen) atoms. The quantitative estimate of drug-likeness (QED) is 0.822. The van der Waals surface area contributed by atoms with Gasteiger partial charge in [0.1, 0.15) is 0 Å². The molecule has 0 aliphatic heterocycles. The second-order valence-corrected chi connectivity index (χ2v) is 4.38. The Kier molecular flexibility index (Phi) is 4.92. The van der Waals surface area contributed by atoms with Gasteiger partial charge >= 0.3 is 0 Å². The minimum absolute atomic E-state index is 0.122. The van der Waals surface area contributed by atoms with Crippen LogP contribution in [0.25, 0.3) is 5.69 Å². The molecule has 5 nitrogen and oxygen atoms in total. The molecule has 0 atom stereocenters. The fourth-order valence-electron chi connectivity index (χ4n) is 2.05. The SMILES string of the molecule is O=C(c1cccc(-n2cccc2)c1)N(CCO)CCO. The van der Waals surface area contributed by atoms with Crippen molar-refractivity contribution in [3.63, 3.8) is 0 Å². The van der Waals surface area contributed by atoms with Crippen LogP contribution < -0.4 is 0 Å². The number of hydrogen-bond acceptors (Lipinski definition) is 3. The summed E-state index contributed by atoms with van der Waals surface area (Å²) in [6.45, 7) is 0.187. The van der Waals surface area contributed by atoms with Gasteiger partial charge in [0.2, 0.25) is 0 Å². The van der Waals surface area contributed by atoms with Crippen molar-refractivity contribution < 1.29 is 15.0 Å². The molecule has 106 valence electrons. The van der Waals surface area contributed by atoms with Crippen molar-refractivity contribution in [2.24, 2.45) is 0 Å². The van der Waals surface area contributed by atoms with E-state index >= 15 is 0 Å². The molecule has 0 saturated carbocycles. The van der Waals surface area contributed by atoms with Gasteiger partial charge < -0.3 is 19.7 Å². The maximum absolute atomic E-state index is 12.3. The predicted octanol–water partition coefficient (Wildman–Crippen LogP) is 0.904. The third-order valence-electron chi connectivity index (χ3n) is 3.02. The first-order valence-corrected chi connectivity index (χ1v) is 6.50. The van der Waals surface area contributed by atoms with Crippen molar-refractivity contribution in [3.8, 4) is 5.69 Å². The molecule has 1 amide bonds. The Labute approximate surface area is 117 Å². The van der Waals surface area contributed by atoms with Crippen molar-refractivity contribution >= 4 is 5.91 Å². The van der Waals surface area contributed by atoms with E-state index in [1.54, 1.807) is 12.1 Å². The van der Waals surface area contributed by atoms with E-state index in [1.165, 1.54) is 4.90 Å². The van der Waals surface area contributed by atoms with Crippen molar-refractivity contribution in [3.05, 3.63) is 54.4 Å². The lowest BCUT2D eigenvalue weighted by molar-refractivity contribution is 0.0685. The lowest BCUT2D eigenvalue weighted by atomic mass is 10.1. The molecule has 0 radical (unpaired) electrons. The Bertz CT molecular complexity index is 546. The molecule has 1 aromatic heterocycles. The smallest absolute Gasteiger partial charge is 0.254 e. The standard InChI is InChI=1S/C15H18N2O3/c18-10-8-17(9-11-19)15(20)13-4-3-5-14(12-13)16-6-1-2-7-16/h1-7,12,18-19H,8-11H2. The van der Waals surface area contributed by atoms with Gasteiger partial charge in [0.05, 0.1) is 13.2 Å². The molecule has 2 rings (SSSR count). The molecule has 1 aromatic carbocycles. The predicted molar refractivity (Wildman–Crippen MR) is 75.8 cm³/mol. The first kappa shape index (κ1) is 14.3. The van der Waals surface area contributed by atoms with E-state index in [4.69, 9.17) is 10.2 Å². The van der Waals surface area contributed by atoms with Gasteiger partial charge in [-0.3, -0.25) is 4.79 Å². The summed E-state index contributed by atoms with van der Waals surface area (Å²) in [6, 6.07) is 11.1. The van der Waals surface area contributed by atoms with Gasteiger partial charge in [-0.05, 0) is 30.3 Å². The van der Waals surface area contributed by atoms with Crippen molar-refractivity contribution in [1.29, 1.82) is 0 Å². The molecule has 0 aliphatic rings. The molecule has 0 spiro atoms. The summed E-state index contributed by atoms with van der Waals surface area (Å²) in [5.41, 5.74) is 1.44. The molecule has 0 aliphatic carbocycles. The third-order valence-corrected chi connectivity index (χ3v) is 3.02. The maximum Gasteiger partial charge on any atom is 0.254 e. The van der Waals surface area contributed by atoms with Crippen LogP contribution >= 0.6 is 0 Å². The van der Waals surface area contributed by atoms with E-state index in [9.17, 15) is 4.79 Å². The van der Waals surface area contributed by atoms with E-state index in [2.05, 4.69) is 0 Å². The van der Waals surface area contributed by atoms with Crippen LogP contribution in [-0.2, 0) is 0 Å². The number of hydrogen-bond donors (Lipinski definition) is 2. The fraction of sp³-hybridized carbons (Fsp3) is 0.267. The molecule has 0 fully saturated rings. The third kappa shape index (κ3) is 3.26. The van der Waals surface area contributed by atoms with Gasteiger partial charge in [-0.25, -0.2) is 0 Å². The van der Waals surface area contributed by atoms with Crippen LogP contribution in [-0.4, -0.2) is 51.9 Å². The Morgan fingerprint density at radius 1 is 1.05 bits per heavy atom. The first-order chi connectivity index (χ1) is 9.76. The molecule has 5 heteroatoms. The number of benzene rings is 1. The second-order valence-electron chi connectivity index (χ2n) is 4.38. The molecular formula is C15H18N2O3. The van der Waals surface area contributed by atoms with Crippen molar-refractivity contribution in [2.45, 2.75) is 0 Å². The molecule has 2 aromatic rings. The molecule has 0 unspecified atom stereocenters.